The van der Waals surface area contributed by atoms with Gasteiger partial charge in [0, 0.05) is 12.3 Å². The van der Waals surface area contributed by atoms with Crippen molar-refractivity contribution in [2.45, 2.75) is 6.61 Å². The molecule has 0 saturated heterocycles. The van der Waals surface area contributed by atoms with E-state index in [1.54, 1.807) is 30.3 Å². The van der Waals surface area contributed by atoms with E-state index in [0.717, 1.165) is 0 Å². The standard InChI is InChI=1S/C17H11ClN2O5/c18-11-2-4-15-19-12(6-16(21)20(15)7-11)8-23-17(22)10-1-3-13-14(5-10)25-9-24-13/h1-7H,8-9H2. The summed E-state index contributed by atoms with van der Waals surface area (Å²) >= 11 is 5.87. The highest BCUT2D eigenvalue weighted by molar-refractivity contribution is 6.30. The predicted octanol–water partition coefficient (Wildman–Crippen LogP) is 2.43. The van der Waals surface area contributed by atoms with Crippen molar-refractivity contribution in [1.82, 2.24) is 9.38 Å². The minimum absolute atomic E-state index is 0.123. The number of carbonyl (C=O) groups is 1. The van der Waals surface area contributed by atoms with Gasteiger partial charge in [0.05, 0.1) is 16.3 Å². The van der Waals surface area contributed by atoms with E-state index in [-0.39, 0.29) is 19.0 Å². The van der Waals surface area contributed by atoms with Gasteiger partial charge in [0.1, 0.15) is 12.3 Å². The number of benzene rings is 1. The van der Waals surface area contributed by atoms with Crippen LogP contribution in [0.25, 0.3) is 5.65 Å². The number of aromatic nitrogens is 2. The summed E-state index contributed by atoms with van der Waals surface area (Å²) in [4.78, 5) is 28.5. The molecule has 4 rings (SSSR count). The molecule has 0 spiro atoms. The second-order valence-corrected chi connectivity index (χ2v) is 5.74. The predicted molar refractivity (Wildman–Crippen MR) is 88.2 cm³/mol. The quantitative estimate of drug-likeness (QED) is 0.669. The Morgan fingerprint density at radius 3 is 2.92 bits per heavy atom. The maximum Gasteiger partial charge on any atom is 0.338 e. The van der Waals surface area contributed by atoms with E-state index in [2.05, 4.69) is 4.98 Å². The number of hydrogen-bond acceptors (Lipinski definition) is 6. The van der Waals surface area contributed by atoms with Crippen LogP contribution in [0.5, 0.6) is 11.5 Å². The highest BCUT2D eigenvalue weighted by Crippen LogP contribution is 2.32. The van der Waals surface area contributed by atoms with Gasteiger partial charge in [-0.2, -0.15) is 0 Å². The van der Waals surface area contributed by atoms with Gasteiger partial charge in [0.25, 0.3) is 5.56 Å². The largest absolute Gasteiger partial charge is 0.456 e. The summed E-state index contributed by atoms with van der Waals surface area (Å²) < 4.78 is 17.0. The molecule has 1 aliphatic rings. The van der Waals surface area contributed by atoms with Crippen molar-refractivity contribution in [2.24, 2.45) is 0 Å². The Kier molecular flexibility index (Phi) is 3.77. The van der Waals surface area contributed by atoms with Crippen LogP contribution in [0.15, 0.2) is 47.4 Å². The van der Waals surface area contributed by atoms with Crippen LogP contribution in [0, 0.1) is 0 Å². The summed E-state index contributed by atoms with van der Waals surface area (Å²) in [5.74, 6) is 0.532. The van der Waals surface area contributed by atoms with E-state index < -0.39 is 5.97 Å². The molecule has 1 aromatic carbocycles. The van der Waals surface area contributed by atoms with Crippen molar-refractivity contribution in [3.05, 3.63) is 69.2 Å². The zero-order chi connectivity index (χ0) is 17.4. The van der Waals surface area contributed by atoms with Crippen molar-refractivity contribution >= 4 is 23.2 Å². The monoisotopic (exact) mass is 358 g/mol. The number of fused-ring (bicyclic) bond motifs is 2. The summed E-state index contributed by atoms with van der Waals surface area (Å²) in [5.41, 5.74) is 0.794. The smallest absolute Gasteiger partial charge is 0.338 e. The molecule has 7 nitrogen and oxygen atoms in total. The lowest BCUT2D eigenvalue weighted by Gasteiger charge is -2.07. The van der Waals surface area contributed by atoms with Crippen LogP contribution < -0.4 is 15.0 Å². The number of pyridine rings is 1. The van der Waals surface area contributed by atoms with E-state index in [1.165, 1.54) is 16.7 Å². The summed E-state index contributed by atoms with van der Waals surface area (Å²) in [6.07, 6.45) is 1.48. The molecule has 1 aliphatic heterocycles. The molecule has 0 amide bonds. The van der Waals surface area contributed by atoms with Crippen molar-refractivity contribution < 1.29 is 19.0 Å². The molecular formula is C17H11ClN2O5. The third-order valence-electron chi connectivity index (χ3n) is 3.64. The first-order valence-electron chi connectivity index (χ1n) is 7.35. The van der Waals surface area contributed by atoms with Crippen LogP contribution in [-0.2, 0) is 11.3 Å². The maximum absolute atomic E-state index is 12.2. The summed E-state index contributed by atoms with van der Waals surface area (Å²) in [5, 5.41) is 0.429. The lowest BCUT2D eigenvalue weighted by molar-refractivity contribution is 0.0467. The second-order valence-electron chi connectivity index (χ2n) is 5.31. The molecule has 3 heterocycles. The van der Waals surface area contributed by atoms with Crippen molar-refractivity contribution in [1.29, 1.82) is 0 Å². The number of hydrogen-bond donors (Lipinski definition) is 0. The number of nitrogens with zero attached hydrogens (tertiary/aromatic N) is 2. The number of carbonyl (C=O) groups excluding carboxylic acids is 1. The van der Waals surface area contributed by atoms with Crippen LogP contribution in [0.3, 0.4) is 0 Å². The zero-order valence-electron chi connectivity index (χ0n) is 12.8. The van der Waals surface area contributed by atoms with Crippen LogP contribution in [0.4, 0.5) is 0 Å². The first kappa shape index (κ1) is 15.5. The van der Waals surface area contributed by atoms with Gasteiger partial charge < -0.3 is 14.2 Å². The molecule has 2 aromatic heterocycles. The van der Waals surface area contributed by atoms with Crippen LogP contribution in [0.1, 0.15) is 16.1 Å². The minimum Gasteiger partial charge on any atom is -0.456 e. The fourth-order valence-electron chi connectivity index (χ4n) is 2.45. The Labute approximate surface area is 146 Å². The Morgan fingerprint density at radius 2 is 2.04 bits per heavy atom. The average Bonchev–Trinajstić information content (AvgIpc) is 3.08. The van der Waals surface area contributed by atoms with Crippen LogP contribution in [-0.4, -0.2) is 22.1 Å². The molecule has 0 saturated carbocycles. The molecule has 0 atom stereocenters. The summed E-state index contributed by atoms with van der Waals surface area (Å²) in [7, 11) is 0. The summed E-state index contributed by atoms with van der Waals surface area (Å²) in [6, 6.07) is 9.33. The van der Waals surface area contributed by atoms with Gasteiger partial charge >= 0.3 is 5.97 Å². The van der Waals surface area contributed by atoms with E-state index in [1.807, 2.05) is 0 Å². The SMILES string of the molecule is O=C(OCc1cc(=O)n2cc(Cl)ccc2n1)c1ccc2c(c1)OCO2. The Bertz CT molecular complexity index is 1050. The molecule has 25 heavy (non-hydrogen) atoms. The molecule has 0 bridgehead atoms. The molecule has 126 valence electrons. The van der Waals surface area contributed by atoms with Crippen molar-refractivity contribution in [2.75, 3.05) is 6.79 Å². The zero-order valence-corrected chi connectivity index (χ0v) is 13.5. The Balaban J connectivity index is 1.53. The lowest BCUT2D eigenvalue weighted by Crippen LogP contribution is -2.16. The highest BCUT2D eigenvalue weighted by atomic mass is 35.5. The Hall–Kier alpha value is -3.06. The number of esters is 1. The fourth-order valence-corrected chi connectivity index (χ4v) is 2.61. The van der Waals surface area contributed by atoms with Gasteiger partial charge in [0.2, 0.25) is 6.79 Å². The van der Waals surface area contributed by atoms with Gasteiger partial charge in [-0.05, 0) is 30.3 Å². The third kappa shape index (κ3) is 3.01. The van der Waals surface area contributed by atoms with Gasteiger partial charge in [-0.1, -0.05) is 11.6 Å². The first-order valence-corrected chi connectivity index (χ1v) is 7.72. The van der Waals surface area contributed by atoms with Crippen molar-refractivity contribution in [3.63, 3.8) is 0 Å². The van der Waals surface area contributed by atoms with E-state index in [4.69, 9.17) is 25.8 Å². The number of rotatable bonds is 3. The minimum atomic E-state index is -0.545. The van der Waals surface area contributed by atoms with Gasteiger partial charge in [0.15, 0.2) is 11.5 Å². The topological polar surface area (TPSA) is 79.1 Å². The first-order chi connectivity index (χ1) is 12.1. The maximum atomic E-state index is 12.2. The molecule has 3 aromatic rings. The van der Waals surface area contributed by atoms with Gasteiger partial charge in [-0.3, -0.25) is 9.20 Å². The molecule has 0 radical (unpaired) electrons. The Morgan fingerprint density at radius 1 is 1.20 bits per heavy atom. The molecule has 0 aliphatic carbocycles. The third-order valence-corrected chi connectivity index (χ3v) is 3.86. The van der Waals surface area contributed by atoms with E-state index >= 15 is 0 Å². The van der Waals surface area contributed by atoms with Gasteiger partial charge in [-0.25, -0.2) is 9.78 Å². The molecular weight excluding hydrogens is 348 g/mol. The number of ether oxygens (including phenoxy) is 3. The van der Waals surface area contributed by atoms with Crippen LogP contribution >= 0.6 is 11.6 Å². The van der Waals surface area contributed by atoms with E-state index in [9.17, 15) is 9.59 Å². The second kappa shape index (κ2) is 6.10. The molecule has 0 N–H and O–H groups in total. The fraction of sp³-hybridized carbons (Fsp3) is 0.118. The molecule has 8 heteroatoms. The molecule has 0 unspecified atom stereocenters. The highest BCUT2D eigenvalue weighted by Gasteiger charge is 2.17. The van der Waals surface area contributed by atoms with E-state index in [0.29, 0.717) is 33.4 Å². The van der Waals surface area contributed by atoms with Crippen molar-refractivity contribution in [3.8, 4) is 11.5 Å². The molecule has 0 fully saturated rings. The average molecular weight is 359 g/mol. The number of halogens is 1. The normalized spacial score (nSPS) is 12.4. The van der Waals surface area contributed by atoms with Gasteiger partial charge in [-0.15, -0.1) is 0 Å². The lowest BCUT2D eigenvalue weighted by atomic mass is 10.2. The summed E-state index contributed by atoms with van der Waals surface area (Å²) in [6.45, 7) is 0.00441. The van der Waals surface area contributed by atoms with Crippen LogP contribution in [0.2, 0.25) is 5.02 Å².